The number of anilines is 1. The molecular weight excluding hydrogens is 326 g/mol. The van der Waals surface area contributed by atoms with Gasteiger partial charge in [0, 0.05) is 37.6 Å². The summed E-state index contributed by atoms with van der Waals surface area (Å²) in [6, 6.07) is 11.6. The Kier molecular flexibility index (Phi) is 6.58. The number of fused-ring (bicyclic) bond motifs is 1. The normalized spacial score (nSPS) is 12.0. The van der Waals surface area contributed by atoms with Gasteiger partial charge in [-0.05, 0) is 42.3 Å². The standard InChI is InChI=1S/C18H21N3O2.ClH/c1-23-11-10-21(13-16-4-2-3-8-19-16)18(22)15-5-6-17-14(12-15)7-9-20-17;/h2-6,8,12,20H,7,9-11,13H2,1H3;1H. The summed E-state index contributed by atoms with van der Waals surface area (Å²) in [4.78, 5) is 19.0. The van der Waals surface area contributed by atoms with Crippen molar-refractivity contribution in [2.45, 2.75) is 13.0 Å². The van der Waals surface area contributed by atoms with Gasteiger partial charge >= 0.3 is 0 Å². The van der Waals surface area contributed by atoms with Crippen LogP contribution in [0.1, 0.15) is 21.6 Å². The van der Waals surface area contributed by atoms with Crippen LogP contribution in [0.2, 0.25) is 0 Å². The molecule has 2 heterocycles. The highest BCUT2D eigenvalue weighted by Gasteiger charge is 2.19. The number of carbonyl (C=O) groups excluding carboxylic acids is 1. The molecule has 0 atom stereocenters. The first-order chi connectivity index (χ1) is 11.3. The van der Waals surface area contributed by atoms with E-state index in [1.165, 1.54) is 5.56 Å². The Hall–Kier alpha value is -2.11. The predicted molar refractivity (Wildman–Crippen MR) is 96.7 cm³/mol. The summed E-state index contributed by atoms with van der Waals surface area (Å²) in [5.74, 6) is 0.0161. The average molecular weight is 348 g/mol. The second-order valence-electron chi connectivity index (χ2n) is 5.59. The molecule has 1 aliphatic heterocycles. The quantitative estimate of drug-likeness (QED) is 0.873. The third kappa shape index (κ3) is 4.24. The van der Waals surface area contributed by atoms with E-state index in [1.807, 2.05) is 36.4 Å². The summed E-state index contributed by atoms with van der Waals surface area (Å²) < 4.78 is 5.15. The van der Waals surface area contributed by atoms with E-state index in [-0.39, 0.29) is 18.3 Å². The Labute approximate surface area is 148 Å². The molecule has 1 N–H and O–H groups in total. The second-order valence-corrected chi connectivity index (χ2v) is 5.59. The van der Waals surface area contributed by atoms with Gasteiger partial charge in [-0.25, -0.2) is 0 Å². The first-order valence-corrected chi connectivity index (χ1v) is 7.83. The topological polar surface area (TPSA) is 54.5 Å². The smallest absolute Gasteiger partial charge is 0.254 e. The molecule has 1 amide bonds. The number of nitrogens with zero attached hydrogens (tertiary/aromatic N) is 2. The lowest BCUT2D eigenvalue weighted by Gasteiger charge is -2.22. The van der Waals surface area contributed by atoms with Crippen molar-refractivity contribution in [1.29, 1.82) is 0 Å². The van der Waals surface area contributed by atoms with Gasteiger partial charge in [-0.3, -0.25) is 9.78 Å². The lowest BCUT2D eigenvalue weighted by molar-refractivity contribution is 0.0678. The van der Waals surface area contributed by atoms with Crippen LogP contribution in [0.3, 0.4) is 0 Å². The maximum absolute atomic E-state index is 12.9. The fourth-order valence-electron chi connectivity index (χ4n) is 2.76. The number of hydrogen-bond acceptors (Lipinski definition) is 4. The van der Waals surface area contributed by atoms with Crippen LogP contribution in [0, 0.1) is 0 Å². The van der Waals surface area contributed by atoms with Crippen LogP contribution < -0.4 is 5.32 Å². The summed E-state index contributed by atoms with van der Waals surface area (Å²) in [6.45, 7) is 2.47. The number of nitrogens with one attached hydrogen (secondary N) is 1. The van der Waals surface area contributed by atoms with E-state index in [4.69, 9.17) is 4.74 Å². The monoisotopic (exact) mass is 347 g/mol. The number of aromatic nitrogens is 1. The number of benzene rings is 1. The van der Waals surface area contributed by atoms with Crippen LogP contribution in [0.4, 0.5) is 5.69 Å². The van der Waals surface area contributed by atoms with Crippen LogP contribution >= 0.6 is 12.4 Å². The molecule has 3 rings (SSSR count). The van der Waals surface area contributed by atoms with Crippen molar-refractivity contribution in [2.24, 2.45) is 0 Å². The molecule has 0 spiro atoms. The van der Waals surface area contributed by atoms with Gasteiger partial charge < -0.3 is 15.0 Å². The highest BCUT2D eigenvalue weighted by atomic mass is 35.5. The highest BCUT2D eigenvalue weighted by molar-refractivity contribution is 5.95. The van der Waals surface area contributed by atoms with Crippen molar-refractivity contribution in [2.75, 3.05) is 32.1 Å². The summed E-state index contributed by atoms with van der Waals surface area (Å²) in [7, 11) is 1.64. The molecule has 0 fully saturated rings. The van der Waals surface area contributed by atoms with Gasteiger partial charge in [-0.15, -0.1) is 12.4 Å². The molecule has 128 valence electrons. The van der Waals surface area contributed by atoms with Gasteiger partial charge in [0.1, 0.15) is 0 Å². The number of halogens is 1. The van der Waals surface area contributed by atoms with Crippen LogP contribution in [0.25, 0.3) is 0 Å². The Morgan fingerprint density at radius 1 is 1.33 bits per heavy atom. The summed E-state index contributed by atoms with van der Waals surface area (Å²) in [5.41, 5.74) is 3.94. The maximum atomic E-state index is 12.9. The number of rotatable bonds is 6. The predicted octanol–water partition coefficient (Wildman–Crippen LogP) is 2.76. The summed E-state index contributed by atoms with van der Waals surface area (Å²) in [5, 5.41) is 3.31. The van der Waals surface area contributed by atoms with Gasteiger partial charge in [0.25, 0.3) is 5.91 Å². The Morgan fingerprint density at radius 2 is 2.21 bits per heavy atom. The SMILES string of the molecule is COCCN(Cc1ccccn1)C(=O)c1ccc2c(c1)CCN2.Cl. The molecule has 0 bridgehead atoms. The van der Waals surface area contributed by atoms with Crippen molar-refractivity contribution in [1.82, 2.24) is 9.88 Å². The minimum atomic E-state index is 0. The average Bonchev–Trinajstić information content (AvgIpc) is 3.06. The summed E-state index contributed by atoms with van der Waals surface area (Å²) >= 11 is 0. The fourth-order valence-corrected chi connectivity index (χ4v) is 2.76. The Bertz CT molecular complexity index is 679. The number of pyridine rings is 1. The Morgan fingerprint density at radius 3 is 2.96 bits per heavy atom. The van der Waals surface area contributed by atoms with E-state index in [0.29, 0.717) is 19.7 Å². The van der Waals surface area contributed by atoms with E-state index in [1.54, 1.807) is 18.2 Å². The van der Waals surface area contributed by atoms with Gasteiger partial charge in [0.05, 0.1) is 18.8 Å². The van der Waals surface area contributed by atoms with E-state index in [0.717, 1.165) is 29.9 Å². The largest absolute Gasteiger partial charge is 0.384 e. The maximum Gasteiger partial charge on any atom is 0.254 e. The molecule has 6 heteroatoms. The number of ether oxygens (including phenoxy) is 1. The van der Waals surface area contributed by atoms with Gasteiger partial charge in [0.2, 0.25) is 0 Å². The first kappa shape index (κ1) is 18.2. The van der Waals surface area contributed by atoms with Gasteiger partial charge in [-0.2, -0.15) is 0 Å². The van der Waals surface area contributed by atoms with E-state index < -0.39 is 0 Å². The zero-order valence-electron chi connectivity index (χ0n) is 13.7. The van der Waals surface area contributed by atoms with Crippen molar-refractivity contribution in [3.63, 3.8) is 0 Å². The Balaban J connectivity index is 0.00000208. The fraction of sp³-hybridized carbons (Fsp3) is 0.333. The number of amides is 1. The van der Waals surface area contributed by atoms with Crippen molar-refractivity contribution in [3.05, 3.63) is 59.4 Å². The first-order valence-electron chi connectivity index (χ1n) is 7.83. The van der Waals surface area contributed by atoms with Gasteiger partial charge in [-0.1, -0.05) is 6.07 Å². The van der Waals surface area contributed by atoms with Crippen molar-refractivity contribution >= 4 is 24.0 Å². The molecular formula is C18H22ClN3O2. The number of methoxy groups -OCH3 is 1. The minimum Gasteiger partial charge on any atom is -0.384 e. The molecule has 0 saturated heterocycles. The molecule has 0 unspecified atom stereocenters. The number of carbonyl (C=O) groups is 1. The van der Waals surface area contributed by atoms with E-state index in [9.17, 15) is 4.79 Å². The zero-order chi connectivity index (χ0) is 16.1. The van der Waals surface area contributed by atoms with Crippen LogP contribution in [-0.4, -0.2) is 42.6 Å². The minimum absolute atomic E-state index is 0. The number of hydrogen-bond donors (Lipinski definition) is 1. The molecule has 1 aromatic carbocycles. The van der Waals surface area contributed by atoms with E-state index in [2.05, 4.69) is 10.3 Å². The molecule has 0 aliphatic carbocycles. The van der Waals surface area contributed by atoms with Crippen LogP contribution in [-0.2, 0) is 17.7 Å². The molecule has 2 aromatic rings. The molecule has 1 aromatic heterocycles. The van der Waals surface area contributed by atoms with Gasteiger partial charge in [0.15, 0.2) is 0 Å². The molecule has 24 heavy (non-hydrogen) atoms. The van der Waals surface area contributed by atoms with Crippen LogP contribution in [0.15, 0.2) is 42.6 Å². The lowest BCUT2D eigenvalue weighted by Crippen LogP contribution is -2.33. The third-order valence-electron chi connectivity index (χ3n) is 3.99. The molecule has 0 radical (unpaired) electrons. The summed E-state index contributed by atoms with van der Waals surface area (Å²) in [6.07, 6.45) is 2.71. The van der Waals surface area contributed by atoms with Crippen LogP contribution in [0.5, 0.6) is 0 Å². The van der Waals surface area contributed by atoms with E-state index >= 15 is 0 Å². The van der Waals surface area contributed by atoms with Crippen molar-refractivity contribution < 1.29 is 9.53 Å². The molecule has 1 aliphatic rings. The molecule has 0 saturated carbocycles. The third-order valence-corrected chi connectivity index (χ3v) is 3.99. The second kappa shape index (κ2) is 8.66. The lowest BCUT2D eigenvalue weighted by atomic mass is 10.1. The van der Waals surface area contributed by atoms with Crippen molar-refractivity contribution in [3.8, 4) is 0 Å². The highest BCUT2D eigenvalue weighted by Crippen LogP contribution is 2.23. The molecule has 5 nitrogen and oxygen atoms in total. The zero-order valence-corrected chi connectivity index (χ0v) is 14.5.